The predicted molar refractivity (Wildman–Crippen MR) is 207 cm³/mol. The van der Waals surface area contributed by atoms with Crippen LogP contribution in [-0.2, 0) is 36.7 Å². The number of benzene rings is 3. The number of carbonyl (C=O) groups excluding carboxylic acids is 1. The number of ketones is 1. The normalized spacial score (nSPS) is 12.3. The van der Waals surface area contributed by atoms with Crippen LogP contribution in [0.4, 0.5) is 0 Å². The number of thiophene rings is 1. The van der Waals surface area contributed by atoms with Crippen molar-refractivity contribution in [3.05, 3.63) is 83.4 Å². The molecular formula is C43H52IrN3O2S-. The Morgan fingerprint density at radius 2 is 1.56 bits per heavy atom. The van der Waals surface area contributed by atoms with Crippen LogP contribution >= 0.6 is 11.3 Å². The number of aromatic nitrogens is 2. The molecule has 0 spiro atoms. The van der Waals surface area contributed by atoms with Crippen LogP contribution in [0.3, 0.4) is 0 Å². The summed E-state index contributed by atoms with van der Waals surface area (Å²) in [5.41, 5.74) is 6.22. The second-order valence-corrected chi connectivity index (χ2v) is 16.3. The Labute approximate surface area is 316 Å². The summed E-state index contributed by atoms with van der Waals surface area (Å²) in [5, 5.41) is 22.4. The largest absolute Gasteiger partial charge is 0.512 e. The Hall–Kier alpha value is -3.43. The fourth-order valence-electron chi connectivity index (χ4n) is 6.42. The monoisotopic (exact) mass is 867 g/mol. The van der Waals surface area contributed by atoms with E-state index < -0.39 is 0 Å². The number of fused-ring (bicyclic) bond motifs is 4. The maximum absolute atomic E-state index is 11.7. The molecule has 50 heavy (non-hydrogen) atoms. The van der Waals surface area contributed by atoms with Crippen LogP contribution < -0.4 is 0 Å². The molecular weight excluding hydrogens is 815 g/mol. The van der Waals surface area contributed by atoms with Crippen molar-refractivity contribution in [1.82, 2.24) is 9.97 Å². The van der Waals surface area contributed by atoms with Gasteiger partial charge in [-0.3, -0.25) is 9.78 Å². The van der Waals surface area contributed by atoms with Crippen molar-refractivity contribution in [1.29, 1.82) is 5.26 Å². The summed E-state index contributed by atoms with van der Waals surface area (Å²) in [4.78, 5) is 21.1. The van der Waals surface area contributed by atoms with Crippen LogP contribution in [-0.4, -0.2) is 20.9 Å². The Bertz CT molecular complexity index is 2020. The third-order valence-corrected chi connectivity index (χ3v) is 10.3. The van der Waals surface area contributed by atoms with Gasteiger partial charge in [-0.2, -0.15) is 5.26 Å². The van der Waals surface area contributed by atoms with Crippen molar-refractivity contribution in [2.24, 2.45) is 17.3 Å². The second-order valence-electron chi connectivity index (χ2n) is 15.3. The van der Waals surface area contributed by atoms with Gasteiger partial charge in [-0.15, -0.1) is 40.5 Å². The quantitative estimate of drug-likeness (QED) is 0.0906. The van der Waals surface area contributed by atoms with Crippen LogP contribution in [0.5, 0.6) is 0 Å². The van der Waals surface area contributed by atoms with Crippen molar-refractivity contribution in [2.45, 2.75) is 107 Å². The molecule has 0 bridgehead atoms. The molecule has 1 N–H and O–H groups in total. The van der Waals surface area contributed by atoms with Gasteiger partial charge in [0, 0.05) is 64.1 Å². The molecule has 1 radical (unpaired) electrons. The summed E-state index contributed by atoms with van der Waals surface area (Å²) >= 11 is 1.75. The molecule has 0 aliphatic rings. The molecule has 0 unspecified atom stereocenters. The number of hydrogen-bond acceptors (Lipinski definition) is 6. The first-order chi connectivity index (χ1) is 23.1. The Morgan fingerprint density at radius 3 is 2.14 bits per heavy atom. The topological polar surface area (TPSA) is 86.9 Å². The van der Waals surface area contributed by atoms with Crippen LogP contribution in [0, 0.1) is 34.6 Å². The number of rotatable bonds is 9. The van der Waals surface area contributed by atoms with Gasteiger partial charge in [0.1, 0.15) is 6.33 Å². The molecule has 5 nitrogen and oxygen atoms in total. The first-order valence-electron chi connectivity index (χ1n) is 17.6. The molecule has 2 aromatic heterocycles. The van der Waals surface area contributed by atoms with Gasteiger partial charge >= 0.3 is 0 Å². The fraction of sp³-hybridized carbons (Fsp3) is 0.442. The van der Waals surface area contributed by atoms with E-state index in [1.54, 1.807) is 17.7 Å². The number of nitrogens with zero attached hydrogens (tertiary/aromatic N) is 3. The Morgan fingerprint density at radius 1 is 0.920 bits per heavy atom. The smallest absolute Gasteiger partial charge is 0.162 e. The van der Waals surface area contributed by atoms with Crippen molar-refractivity contribution < 1.29 is 30.0 Å². The molecule has 3 aromatic carbocycles. The maximum Gasteiger partial charge on any atom is 0.162 e. The molecule has 0 atom stereocenters. The molecule has 5 aromatic rings. The standard InChI is InChI=1S/C30H28N3S.C13H24O2.Ir/c1-29(2,3)15-18-7-10-23-25(12-18)34-28-26(32-17-33-27(23)28)21-13-20-11-19(16-31)8-9-22(20)24(14-21)30(4,5)6;1-5-10(6-2)12(14)9-13(15)11(7-3)8-4;/h7-12,14,17H,15H2,1-6H3;9-11,14H,5-8H2,1-4H3;/q-1;;/b;12-9-;. The minimum absolute atomic E-state index is 0. The van der Waals surface area contributed by atoms with Crippen LogP contribution in [0.2, 0.25) is 0 Å². The SMILES string of the molecule is CC(C)(C)Cc1ccc2c(c1)sc1c(-c3[c-]c4cc(C#N)ccc4c(C(C)(C)C)c3)ncnc12.CCC(CC)C(=O)/C=C(\O)C(CC)CC.[Ir]. The van der Waals surface area contributed by atoms with Crippen molar-refractivity contribution in [3.8, 4) is 17.3 Å². The minimum Gasteiger partial charge on any atom is -0.512 e. The van der Waals surface area contributed by atoms with E-state index in [1.165, 1.54) is 27.3 Å². The van der Waals surface area contributed by atoms with Crippen molar-refractivity contribution in [2.75, 3.05) is 0 Å². The zero-order valence-corrected chi connectivity index (χ0v) is 34.5. The van der Waals surface area contributed by atoms with Crippen molar-refractivity contribution >= 4 is 48.2 Å². The third kappa shape index (κ3) is 9.66. The van der Waals surface area contributed by atoms with Crippen LogP contribution in [0.25, 0.3) is 42.3 Å². The molecule has 0 saturated carbocycles. The maximum atomic E-state index is 11.7. The molecule has 0 amide bonds. The van der Waals surface area contributed by atoms with Gasteiger partial charge in [0.15, 0.2) is 5.78 Å². The molecule has 7 heteroatoms. The predicted octanol–water partition coefficient (Wildman–Crippen LogP) is 12.1. The first kappa shape index (κ1) is 41.0. The fourth-order valence-corrected chi connectivity index (χ4v) is 7.64. The zero-order chi connectivity index (χ0) is 36.1. The van der Waals surface area contributed by atoms with Crippen molar-refractivity contribution in [3.63, 3.8) is 0 Å². The number of aliphatic hydroxyl groups excluding tert-OH is 1. The van der Waals surface area contributed by atoms with E-state index in [1.807, 2.05) is 45.9 Å². The summed E-state index contributed by atoms with van der Waals surface area (Å²) in [7, 11) is 0. The van der Waals surface area contributed by atoms with Gasteiger partial charge in [-0.05, 0) is 54.6 Å². The number of allylic oxidation sites excluding steroid dienone is 2. The molecule has 0 saturated heterocycles. The first-order valence-corrected chi connectivity index (χ1v) is 18.5. The van der Waals surface area contributed by atoms with Gasteiger partial charge in [-0.1, -0.05) is 104 Å². The van der Waals surface area contributed by atoms with E-state index in [2.05, 4.69) is 82.9 Å². The molecule has 0 fully saturated rings. The third-order valence-electron chi connectivity index (χ3n) is 9.19. The molecule has 0 aliphatic heterocycles. The summed E-state index contributed by atoms with van der Waals surface area (Å²) in [5.74, 6) is 0.547. The Kier molecular flexibility index (Phi) is 14.1. The van der Waals surface area contributed by atoms with E-state index >= 15 is 0 Å². The second kappa shape index (κ2) is 17.2. The van der Waals surface area contributed by atoms with Gasteiger partial charge in [0.2, 0.25) is 0 Å². The number of nitriles is 1. The van der Waals surface area contributed by atoms with Gasteiger partial charge in [0.25, 0.3) is 0 Å². The average Bonchev–Trinajstić information content (AvgIpc) is 3.42. The number of hydrogen-bond donors (Lipinski definition) is 1. The Balaban J connectivity index is 0.000000361. The van der Waals surface area contributed by atoms with E-state index in [0.29, 0.717) is 5.56 Å². The summed E-state index contributed by atoms with van der Waals surface area (Å²) < 4.78 is 2.32. The minimum atomic E-state index is -0.0651. The van der Waals surface area contributed by atoms with Crippen LogP contribution in [0.15, 0.2) is 60.6 Å². The van der Waals surface area contributed by atoms with Gasteiger partial charge in [0.05, 0.1) is 17.3 Å². The summed E-state index contributed by atoms with van der Waals surface area (Å²) in [6, 6.07) is 20.6. The van der Waals surface area contributed by atoms with Gasteiger partial charge < -0.3 is 5.11 Å². The van der Waals surface area contributed by atoms with E-state index in [9.17, 15) is 15.2 Å². The molecule has 267 valence electrons. The van der Waals surface area contributed by atoms with Crippen LogP contribution in [0.1, 0.15) is 112 Å². The van der Waals surface area contributed by atoms with E-state index in [0.717, 1.165) is 64.4 Å². The summed E-state index contributed by atoms with van der Waals surface area (Å²) in [6.45, 7) is 21.5. The van der Waals surface area contributed by atoms with E-state index in [-0.39, 0.29) is 54.3 Å². The van der Waals surface area contributed by atoms with Gasteiger partial charge in [-0.25, -0.2) is 4.98 Å². The number of carbonyl (C=O) groups is 1. The zero-order valence-electron chi connectivity index (χ0n) is 31.3. The summed E-state index contributed by atoms with van der Waals surface area (Å²) in [6.07, 6.45) is 7.60. The van der Waals surface area contributed by atoms with E-state index in [4.69, 9.17) is 4.98 Å². The average molecular weight is 867 g/mol. The molecule has 5 rings (SSSR count). The number of aliphatic hydroxyl groups is 1. The molecule has 2 heterocycles. The molecule has 0 aliphatic carbocycles.